The number of likely N-dealkylation sites (N-methyl/N-ethyl adjacent to an activating group) is 1. The van der Waals surface area contributed by atoms with Crippen molar-refractivity contribution in [2.75, 3.05) is 45.6 Å². The van der Waals surface area contributed by atoms with E-state index >= 15 is 0 Å². The number of nitro groups is 1. The van der Waals surface area contributed by atoms with Crippen LogP contribution in [-0.2, 0) is 10.0 Å². The first-order valence-corrected chi connectivity index (χ1v) is 9.97. The van der Waals surface area contributed by atoms with Crippen LogP contribution in [0.3, 0.4) is 0 Å². The molecule has 1 aliphatic rings. The molecule has 2 rings (SSSR count). The van der Waals surface area contributed by atoms with Gasteiger partial charge >= 0.3 is 0 Å². The lowest BCUT2D eigenvalue weighted by Gasteiger charge is -2.29. The first kappa shape index (κ1) is 19.6. The molecule has 140 valence electrons. The summed E-state index contributed by atoms with van der Waals surface area (Å²) in [6, 6.07) is 4.10. The summed E-state index contributed by atoms with van der Waals surface area (Å²) < 4.78 is 27.0. The third-order valence-corrected chi connectivity index (χ3v) is 6.38. The molecule has 1 fully saturated rings. The lowest BCUT2D eigenvalue weighted by Crippen LogP contribution is -3.06. The lowest BCUT2D eigenvalue weighted by atomic mass is 10.0. The van der Waals surface area contributed by atoms with Crippen molar-refractivity contribution in [1.82, 2.24) is 4.31 Å². The number of quaternary nitrogens is 1. The fourth-order valence-electron chi connectivity index (χ4n) is 2.79. The summed E-state index contributed by atoms with van der Waals surface area (Å²) >= 11 is 0. The second-order valence-corrected chi connectivity index (χ2v) is 8.84. The zero-order chi connectivity index (χ0) is 18.6. The largest absolute Gasteiger partial charge is 0.374 e. The second-order valence-electron chi connectivity index (χ2n) is 6.91. The highest BCUT2D eigenvalue weighted by atomic mass is 32.2. The number of rotatable bonds is 7. The van der Waals surface area contributed by atoms with E-state index < -0.39 is 14.9 Å². The quantitative estimate of drug-likeness (QED) is 0.540. The van der Waals surface area contributed by atoms with E-state index in [2.05, 4.69) is 12.2 Å². The van der Waals surface area contributed by atoms with Gasteiger partial charge in [-0.25, -0.2) is 8.42 Å². The average molecular weight is 371 g/mol. The second kappa shape index (κ2) is 8.11. The van der Waals surface area contributed by atoms with Crippen molar-refractivity contribution < 1.29 is 18.2 Å². The zero-order valence-electron chi connectivity index (χ0n) is 15.0. The molecule has 25 heavy (non-hydrogen) atoms. The molecule has 1 aromatic carbocycles. The summed E-state index contributed by atoms with van der Waals surface area (Å²) in [5.41, 5.74) is 0.137. The number of nitrogens with one attached hydrogen (secondary N) is 2. The van der Waals surface area contributed by atoms with Crippen molar-refractivity contribution in [3.8, 4) is 0 Å². The number of sulfonamides is 1. The van der Waals surface area contributed by atoms with Crippen molar-refractivity contribution in [2.24, 2.45) is 5.92 Å². The van der Waals surface area contributed by atoms with Gasteiger partial charge in [-0.1, -0.05) is 6.92 Å². The van der Waals surface area contributed by atoms with Crippen LogP contribution >= 0.6 is 0 Å². The molecule has 0 spiro atoms. The topological polar surface area (TPSA) is 97.0 Å². The molecule has 8 nitrogen and oxygen atoms in total. The molecular weight excluding hydrogens is 344 g/mol. The number of benzene rings is 1. The van der Waals surface area contributed by atoms with Crippen LogP contribution in [0.1, 0.15) is 19.8 Å². The van der Waals surface area contributed by atoms with Gasteiger partial charge in [0.25, 0.3) is 5.69 Å². The third-order valence-electron chi connectivity index (χ3n) is 4.49. The van der Waals surface area contributed by atoms with Gasteiger partial charge in [-0.3, -0.25) is 10.1 Å². The van der Waals surface area contributed by atoms with E-state index in [-0.39, 0.29) is 10.6 Å². The maximum atomic E-state index is 12.8. The SMILES string of the molecule is CC1CCN(S(=O)(=O)c2ccc(NCC[NH+](C)C)c([N+](=O)[O-])c2)CC1. The molecule has 0 unspecified atom stereocenters. The van der Waals surface area contributed by atoms with Gasteiger partial charge in [0.15, 0.2) is 0 Å². The van der Waals surface area contributed by atoms with E-state index in [1.54, 1.807) is 0 Å². The Hall–Kier alpha value is -1.71. The van der Waals surface area contributed by atoms with Crippen molar-refractivity contribution in [3.05, 3.63) is 28.3 Å². The minimum absolute atomic E-state index is 0.0162. The standard InChI is InChI=1S/C16H26N4O4S/c1-13-6-9-19(10-7-13)25(23,24)14-4-5-15(16(12-14)20(21)22)17-8-11-18(2)3/h4-5,12-13,17H,6-11H2,1-3H3/p+1. The Balaban J connectivity index is 2.24. The molecule has 0 bridgehead atoms. The van der Waals surface area contributed by atoms with Gasteiger partial charge < -0.3 is 10.2 Å². The molecule has 0 amide bonds. The predicted octanol–water partition coefficient (Wildman–Crippen LogP) is 0.572. The number of hydrogen-bond donors (Lipinski definition) is 2. The van der Waals surface area contributed by atoms with Crippen LogP contribution in [0.4, 0.5) is 11.4 Å². The van der Waals surface area contributed by atoms with E-state index in [1.165, 1.54) is 21.3 Å². The molecule has 0 aromatic heterocycles. The molecule has 0 saturated carbocycles. The Morgan fingerprint density at radius 3 is 2.52 bits per heavy atom. The maximum Gasteiger partial charge on any atom is 0.293 e. The minimum Gasteiger partial charge on any atom is -0.374 e. The van der Waals surface area contributed by atoms with Crippen molar-refractivity contribution in [3.63, 3.8) is 0 Å². The normalized spacial score (nSPS) is 17.0. The van der Waals surface area contributed by atoms with Crippen molar-refractivity contribution >= 4 is 21.4 Å². The molecule has 0 aliphatic carbocycles. The van der Waals surface area contributed by atoms with Gasteiger partial charge in [0, 0.05) is 19.2 Å². The van der Waals surface area contributed by atoms with E-state index in [9.17, 15) is 18.5 Å². The van der Waals surface area contributed by atoms with Crippen LogP contribution in [0.15, 0.2) is 23.1 Å². The van der Waals surface area contributed by atoms with Crippen LogP contribution in [0.25, 0.3) is 0 Å². The lowest BCUT2D eigenvalue weighted by molar-refractivity contribution is -0.856. The van der Waals surface area contributed by atoms with E-state index in [0.29, 0.717) is 31.2 Å². The Labute approximate surface area is 149 Å². The third kappa shape index (κ3) is 4.90. The van der Waals surface area contributed by atoms with Crippen LogP contribution in [0.5, 0.6) is 0 Å². The maximum absolute atomic E-state index is 12.8. The van der Waals surface area contributed by atoms with Crippen molar-refractivity contribution in [1.29, 1.82) is 0 Å². The molecular formula is C16H27N4O4S+. The highest BCUT2D eigenvalue weighted by Crippen LogP contribution is 2.30. The van der Waals surface area contributed by atoms with Crippen LogP contribution in [-0.4, -0.2) is 57.9 Å². The van der Waals surface area contributed by atoms with E-state index in [0.717, 1.165) is 25.5 Å². The summed E-state index contributed by atoms with van der Waals surface area (Å²) in [4.78, 5) is 12.0. The van der Waals surface area contributed by atoms with Crippen molar-refractivity contribution in [2.45, 2.75) is 24.7 Å². The Kier molecular flexibility index (Phi) is 6.36. The molecule has 0 radical (unpaired) electrons. The molecule has 1 saturated heterocycles. The number of piperidine rings is 1. The van der Waals surface area contributed by atoms with E-state index in [4.69, 9.17) is 0 Å². The molecule has 1 aromatic rings. The van der Waals surface area contributed by atoms with Crippen LogP contribution in [0, 0.1) is 16.0 Å². The number of hydrogen-bond acceptors (Lipinski definition) is 5. The van der Waals surface area contributed by atoms with Gasteiger partial charge in [-0.2, -0.15) is 4.31 Å². The number of anilines is 1. The predicted molar refractivity (Wildman–Crippen MR) is 96.4 cm³/mol. The average Bonchev–Trinajstić information content (AvgIpc) is 2.54. The Bertz CT molecular complexity index is 713. The first-order valence-electron chi connectivity index (χ1n) is 8.53. The Morgan fingerprint density at radius 1 is 1.32 bits per heavy atom. The van der Waals surface area contributed by atoms with Crippen LogP contribution < -0.4 is 10.2 Å². The van der Waals surface area contributed by atoms with Gasteiger partial charge in [-0.05, 0) is 30.9 Å². The zero-order valence-corrected chi connectivity index (χ0v) is 15.8. The van der Waals surface area contributed by atoms with Gasteiger partial charge in [-0.15, -0.1) is 0 Å². The summed E-state index contributed by atoms with van der Waals surface area (Å²) in [6.45, 7) is 4.39. The Morgan fingerprint density at radius 2 is 1.96 bits per heavy atom. The fraction of sp³-hybridized carbons (Fsp3) is 0.625. The van der Waals surface area contributed by atoms with Gasteiger partial charge in [0.05, 0.1) is 37.0 Å². The summed E-state index contributed by atoms with van der Waals surface area (Å²) in [6.07, 6.45) is 1.63. The summed E-state index contributed by atoms with van der Waals surface area (Å²) in [5.74, 6) is 0.506. The molecule has 0 atom stereocenters. The smallest absolute Gasteiger partial charge is 0.293 e. The minimum atomic E-state index is -3.70. The summed E-state index contributed by atoms with van der Waals surface area (Å²) in [7, 11) is 0.287. The van der Waals surface area contributed by atoms with E-state index in [1.807, 2.05) is 14.1 Å². The number of nitrogens with zero attached hydrogens (tertiary/aromatic N) is 2. The molecule has 1 heterocycles. The molecule has 1 aliphatic heterocycles. The fourth-order valence-corrected chi connectivity index (χ4v) is 4.28. The van der Waals surface area contributed by atoms with Crippen LogP contribution in [0.2, 0.25) is 0 Å². The first-order chi connectivity index (χ1) is 11.7. The molecule has 2 N–H and O–H groups in total. The number of nitro benzene ring substituents is 1. The monoisotopic (exact) mass is 371 g/mol. The highest BCUT2D eigenvalue weighted by molar-refractivity contribution is 7.89. The van der Waals surface area contributed by atoms with Gasteiger partial charge in [0.1, 0.15) is 5.69 Å². The molecule has 9 heteroatoms. The highest BCUT2D eigenvalue weighted by Gasteiger charge is 2.30. The van der Waals surface area contributed by atoms with Gasteiger partial charge in [0.2, 0.25) is 10.0 Å². The summed E-state index contributed by atoms with van der Waals surface area (Å²) in [5, 5.41) is 14.4.